The molecular weight excluding hydrogens is 337 g/mol. The van der Waals surface area contributed by atoms with Crippen LogP contribution in [-0.4, -0.2) is 37.2 Å². The topological polar surface area (TPSA) is 54.5 Å². The smallest absolute Gasteiger partial charge is 0.257 e. The molecule has 2 heterocycles. The van der Waals surface area contributed by atoms with Gasteiger partial charge in [0.05, 0.1) is 23.8 Å². The lowest BCUT2D eigenvalue weighted by molar-refractivity contribution is 0.102. The van der Waals surface area contributed by atoms with Crippen LogP contribution >= 0.6 is 23.2 Å². The molecule has 0 spiro atoms. The Hall–Kier alpha value is -1.82. The van der Waals surface area contributed by atoms with E-state index in [9.17, 15) is 4.79 Å². The van der Waals surface area contributed by atoms with Crippen molar-refractivity contribution in [3.63, 3.8) is 0 Å². The molecule has 0 aliphatic carbocycles. The Labute approximate surface area is 144 Å². The van der Waals surface area contributed by atoms with Crippen LogP contribution < -0.4 is 10.2 Å². The molecule has 1 saturated heterocycles. The Morgan fingerprint density at radius 3 is 2.74 bits per heavy atom. The summed E-state index contributed by atoms with van der Waals surface area (Å²) >= 11 is 11.7. The Morgan fingerprint density at radius 1 is 1.22 bits per heavy atom. The molecule has 0 radical (unpaired) electrons. The van der Waals surface area contributed by atoms with Crippen molar-refractivity contribution in [2.45, 2.75) is 0 Å². The third kappa shape index (κ3) is 3.93. The minimum atomic E-state index is -0.282. The lowest BCUT2D eigenvalue weighted by Crippen LogP contribution is -2.36. The summed E-state index contributed by atoms with van der Waals surface area (Å²) in [5.74, 6) is -0.282. The van der Waals surface area contributed by atoms with Crippen LogP contribution in [0, 0.1) is 0 Å². The Morgan fingerprint density at radius 2 is 2.00 bits per heavy atom. The lowest BCUT2D eigenvalue weighted by Gasteiger charge is -2.29. The molecule has 1 aromatic carbocycles. The number of benzene rings is 1. The number of halogens is 2. The van der Waals surface area contributed by atoms with Crippen LogP contribution in [0.25, 0.3) is 0 Å². The lowest BCUT2D eigenvalue weighted by atomic mass is 10.2. The second-order valence-corrected chi connectivity index (χ2v) is 5.87. The maximum absolute atomic E-state index is 12.3. The molecule has 0 bridgehead atoms. The molecule has 23 heavy (non-hydrogen) atoms. The van der Waals surface area contributed by atoms with Gasteiger partial charge in [0.1, 0.15) is 5.15 Å². The molecule has 2 aromatic rings. The van der Waals surface area contributed by atoms with E-state index in [1.807, 2.05) is 24.3 Å². The number of nitrogens with zero attached hydrogens (tertiary/aromatic N) is 2. The van der Waals surface area contributed by atoms with Crippen LogP contribution in [0.15, 0.2) is 36.5 Å². The number of hydrogen-bond donors (Lipinski definition) is 1. The van der Waals surface area contributed by atoms with Gasteiger partial charge >= 0.3 is 0 Å². The summed E-state index contributed by atoms with van der Waals surface area (Å²) in [6, 6.07) is 9.20. The second-order valence-electron chi connectivity index (χ2n) is 5.10. The third-order valence-corrected chi connectivity index (χ3v) is 4.22. The highest BCUT2D eigenvalue weighted by molar-refractivity contribution is 6.41. The summed E-state index contributed by atoms with van der Waals surface area (Å²) in [5, 5.41) is 3.28. The highest BCUT2D eigenvalue weighted by Gasteiger charge is 2.13. The molecular formula is C16H15Cl2N3O2. The van der Waals surface area contributed by atoms with Crippen LogP contribution in [0.2, 0.25) is 10.2 Å². The molecule has 1 aromatic heterocycles. The SMILES string of the molecule is O=C(Nc1cccc(N2CCOCC2)c1)c1cnc(Cl)c(Cl)c1. The highest BCUT2D eigenvalue weighted by Crippen LogP contribution is 2.23. The minimum Gasteiger partial charge on any atom is -0.378 e. The molecule has 7 heteroatoms. The fourth-order valence-corrected chi connectivity index (χ4v) is 2.62. The van der Waals surface area contributed by atoms with Gasteiger partial charge in [-0.05, 0) is 24.3 Å². The van der Waals surface area contributed by atoms with E-state index in [0.717, 1.165) is 18.8 Å². The standard InChI is InChI=1S/C16H15Cl2N3O2/c17-14-8-11(10-19-15(14)18)16(22)20-12-2-1-3-13(9-12)21-4-6-23-7-5-21/h1-3,8-10H,4-7H2,(H,20,22). The monoisotopic (exact) mass is 351 g/mol. The number of pyridine rings is 1. The zero-order valence-electron chi connectivity index (χ0n) is 12.3. The second kappa shape index (κ2) is 7.17. The highest BCUT2D eigenvalue weighted by atomic mass is 35.5. The quantitative estimate of drug-likeness (QED) is 0.860. The molecule has 5 nitrogen and oxygen atoms in total. The van der Waals surface area contributed by atoms with Crippen molar-refractivity contribution in [1.82, 2.24) is 4.98 Å². The number of amides is 1. The number of rotatable bonds is 3. The normalized spacial score (nSPS) is 14.6. The van der Waals surface area contributed by atoms with Gasteiger partial charge in [-0.15, -0.1) is 0 Å². The van der Waals surface area contributed by atoms with E-state index in [0.29, 0.717) is 24.5 Å². The van der Waals surface area contributed by atoms with Gasteiger partial charge in [-0.25, -0.2) is 4.98 Å². The Balaban J connectivity index is 1.74. The molecule has 1 N–H and O–H groups in total. The van der Waals surface area contributed by atoms with Gasteiger partial charge in [-0.2, -0.15) is 0 Å². The van der Waals surface area contributed by atoms with E-state index in [1.54, 1.807) is 0 Å². The van der Waals surface area contributed by atoms with Crippen LogP contribution in [-0.2, 0) is 4.74 Å². The molecule has 1 amide bonds. The van der Waals surface area contributed by atoms with Gasteiger partial charge in [0.2, 0.25) is 0 Å². The predicted octanol–water partition coefficient (Wildman–Crippen LogP) is 3.48. The van der Waals surface area contributed by atoms with E-state index in [-0.39, 0.29) is 16.1 Å². The van der Waals surface area contributed by atoms with Gasteiger partial charge < -0.3 is 15.0 Å². The van der Waals surface area contributed by atoms with Crippen molar-refractivity contribution < 1.29 is 9.53 Å². The summed E-state index contributed by atoms with van der Waals surface area (Å²) in [6.07, 6.45) is 1.40. The summed E-state index contributed by atoms with van der Waals surface area (Å²) in [5.41, 5.74) is 2.12. The number of nitrogens with one attached hydrogen (secondary N) is 1. The number of carbonyl (C=O) groups is 1. The summed E-state index contributed by atoms with van der Waals surface area (Å²) in [7, 11) is 0. The number of morpholine rings is 1. The number of aromatic nitrogens is 1. The van der Waals surface area contributed by atoms with Crippen molar-refractivity contribution in [3.05, 3.63) is 52.3 Å². The van der Waals surface area contributed by atoms with Crippen molar-refractivity contribution >= 4 is 40.5 Å². The average molecular weight is 352 g/mol. The van der Waals surface area contributed by atoms with E-state index < -0.39 is 0 Å². The van der Waals surface area contributed by atoms with Crippen molar-refractivity contribution in [2.24, 2.45) is 0 Å². The van der Waals surface area contributed by atoms with Gasteiger partial charge in [-0.1, -0.05) is 29.3 Å². The van der Waals surface area contributed by atoms with Crippen molar-refractivity contribution in [3.8, 4) is 0 Å². The van der Waals surface area contributed by atoms with Gasteiger partial charge in [0.15, 0.2) is 0 Å². The molecule has 120 valence electrons. The molecule has 1 aliphatic rings. The Kier molecular flexibility index (Phi) is 5.00. The first-order valence-electron chi connectivity index (χ1n) is 7.18. The van der Waals surface area contributed by atoms with Crippen molar-refractivity contribution in [1.29, 1.82) is 0 Å². The zero-order chi connectivity index (χ0) is 16.2. The first kappa shape index (κ1) is 16.1. The van der Waals surface area contributed by atoms with Crippen molar-refractivity contribution in [2.75, 3.05) is 36.5 Å². The summed E-state index contributed by atoms with van der Waals surface area (Å²) in [6.45, 7) is 3.11. The maximum atomic E-state index is 12.3. The predicted molar refractivity (Wildman–Crippen MR) is 91.7 cm³/mol. The fraction of sp³-hybridized carbons (Fsp3) is 0.250. The van der Waals surface area contributed by atoms with E-state index in [4.69, 9.17) is 27.9 Å². The molecule has 1 fully saturated rings. The fourth-order valence-electron chi connectivity index (χ4n) is 2.35. The third-order valence-electron chi connectivity index (χ3n) is 3.54. The number of hydrogen-bond acceptors (Lipinski definition) is 4. The maximum Gasteiger partial charge on any atom is 0.257 e. The average Bonchev–Trinajstić information content (AvgIpc) is 2.58. The number of ether oxygens (including phenoxy) is 1. The first-order chi connectivity index (χ1) is 11.1. The van der Waals surface area contributed by atoms with E-state index >= 15 is 0 Å². The summed E-state index contributed by atoms with van der Waals surface area (Å²) < 4.78 is 5.35. The van der Waals surface area contributed by atoms with Crippen LogP contribution in [0.1, 0.15) is 10.4 Å². The molecule has 1 aliphatic heterocycles. The minimum absolute atomic E-state index is 0.178. The van der Waals surface area contributed by atoms with Gasteiger partial charge in [0.25, 0.3) is 5.91 Å². The Bertz CT molecular complexity index is 718. The van der Waals surface area contributed by atoms with Gasteiger partial charge in [-0.3, -0.25) is 4.79 Å². The van der Waals surface area contributed by atoms with E-state index in [2.05, 4.69) is 15.2 Å². The van der Waals surface area contributed by atoms with Crippen LogP contribution in [0.4, 0.5) is 11.4 Å². The first-order valence-corrected chi connectivity index (χ1v) is 7.94. The molecule has 0 unspecified atom stereocenters. The van der Waals surface area contributed by atoms with Crippen LogP contribution in [0.3, 0.4) is 0 Å². The van der Waals surface area contributed by atoms with Gasteiger partial charge in [0, 0.05) is 30.7 Å². The molecule has 0 atom stereocenters. The number of anilines is 2. The molecule has 0 saturated carbocycles. The van der Waals surface area contributed by atoms with Crippen LogP contribution in [0.5, 0.6) is 0 Å². The summed E-state index contributed by atoms with van der Waals surface area (Å²) in [4.78, 5) is 18.4. The number of carbonyl (C=O) groups excluding carboxylic acids is 1. The van der Waals surface area contributed by atoms with E-state index in [1.165, 1.54) is 12.3 Å². The molecule has 3 rings (SSSR count). The zero-order valence-corrected chi connectivity index (χ0v) is 13.8. The largest absolute Gasteiger partial charge is 0.378 e.